The Morgan fingerprint density at radius 3 is 2.45 bits per heavy atom. The van der Waals surface area contributed by atoms with Crippen LogP contribution < -0.4 is 0 Å². The molecule has 2 aromatic carbocycles. The van der Waals surface area contributed by atoms with Gasteiger partial charge in [0.1, 0.15) is 0 Å². The van der Waals surface area contributed by atoms with Crippen molar-refractivity contribution in [3.63, 3.8) is 0 Å². The molecule has 20 heavy (non-hydrogen) atoms. The Morgan fingerprint density at radius 1 is 1.00 bits per heavy atom. The van der Waals surface area contributed by atoms with Crippen molar-refractivity contribution in [2.75, 3.05) is 0 Å². The molecule has 98 valence electrons. The maximum Gasteiger partial charge on any atom is 0.202 e. The Morgan fingerprint density at radius 2 is 1.70 bits per heavy atom. The number of ketones is 1. The highest BCUT2D eigenvalue weighted by molar-refractivity contribution is 6.08. The number of aromatic nitrogens is 1. The van der Waals surface area contributed by atoms with E-state index < -0.39 is 0 Å². The molecule has 2 nitrogen and oxygen atoms in total. The first kappa shape index (κ1) is 12.4. The summed E-state index contributed by atoms with van der Waals surface area (Å²) in [5.41, 5.74) is 2.81. The zero-order valence-corrected chi connectivity index (χ0v) is 11.3. The third kappa shape index (κ3) is 2.28. The number of benzene rings is 2. The molecule has 0 unspecified atom stereocenters. The first-order chi connectivity index (χ1) is 9.75. The number of carbonyl (C=O) groups is 1. The number of allylic oxidation sites excluding steroid dienone is 1. The standard InChI is InChI=1S/C18H15NO/c1-19-16-10-6-5-9-15(16)13-17(19)18(20)12-11-14-7-3-2-4-8-14/h2-13H,1H3/b12-11+. The van der Waals surface area contributed by atoms with Gasteiger partial charge in [-0.15, -0.1) is 0 Å². The minimum Gasteiger partial charge on any atom is -0.341 e. The maximum absolute atomic E-state index is 12.3. The number of hydrogen-bond acceptors (Lipinski definition) is 1. The topological polar surface area (TPSA) is 22.0 Å². The average molecular weight is 261 g/mol. The second kappa shape index (κ2) is 5.17. The molecule has 0 saturated heterocycles. The van der Waals surface area contributed by atoms with Crippen molar-refractivity contribution in [1.29, 1.82) is 0 Å². The third-order valence-electron chi connectivity index (χ3n) is 3.43. The lowest BCUT2D eigenvalue weighted by Gasteiger charge is -2.00. The van der Waals surface area contributed by atoms with E-state index in [2.05, 4.69) is 0 Å². The molecule has 0 N–H and O–H groups in total. The number of fused-ring (bicyclic) bond motifs is 1. The third-order valence-corrected chi connectivity index (χ3v) is 3.43. The summed E-state index contributed by atoms with van der Waals surface area (Å²) in [6.45, 7) is 0. The van der Waals surface area contributed by atoms with Gasteiger partial charge in [-0.25, -0.2) is 0 Å². The van der Waals surface area contributed by atoms with Crippen LogP contribution in [0.3, 0.4) is 0 Å². The van der Waals surface area contributed by atoms with Crippen LogP contribution >= 0.6 is 0 Å². The lowest BCUT2D eigenvalue weighted by atomic mass is 10.1. The molecule has 1 heterocycles. The van der Waals surface area contributed by atoms with Crippen molar-refractivity contribution in [3.05, 3.63) is 78.0 Å². The summed E-state index contributed by atoms with van der Waals surface area (Å²) in [6, 6.07) is 19.8. The van der Waals surface area contributed by atoms with E-state index in [4.69, 9.17) is 0 Å². The van der Waals surface area contributed by atoms with Gasteiger partial charge >= 0.3 is 0 Å². The molecule has 0 radical (unpaired) electrons. The van der Waals surface area contributed by atoms with Gasteiger partial charge in [0.15, 0.2) is 0 Å². The molecule has 1 aromatic heterocycles. The van der Waals surface area contributed by atoms with Crippen LogP contribution in [0.2, 0.25) is 0 Å². The molecule has 0 bridgehead atoms. The molecule has 0 aliphatic heterocycles. The number of aryl methyl sites for hydroxylation is 1. The Kier molecular flexibility index (Phi) is 3.21. The van der Waals surface area contributed by atoms with Crippen LogP contribution in [0.5, 0.6) is 0 Å². The summed E-state index contributed by atoms with van der Waals surface area (Å²) in [6.07, 6.45) is 3.48. The van der Waals surface area contributed by atoms with Crippen LogP contribution in [0, 0.1) is 0 Å². The van der Waals surface area contributed by atoms with Crippen molar-refractivity contribution >= 4 is 22.8 Å². The summed E-state index contributed by atoms with van der Waals surface area (Å²) in [4.78, 5) is 12.3. The van der Waals surface area contributed by atoms with E-state index in [1.165, 1.54) is 0 Å². The molecular weight excluding hydrogens is 246 g/mol. The molecule has 2 heteroatoms. The SMILES string of the molecule is Cn1c(C(=O)/C=C/c2ccccc2)cc2ccccc21. The van der Waals surface area contributed by atoms with Gasteiger partial charge in [0.2, 0.25) is 5.78 Å². The quantitative estimate of drug-likeness (QED) is 0.514. The Balaban J connectivity index is 1.93. The lowest BCUT2D eigenvalue weighted by Crippen LogP contribution is -2.02. The van der Waals surface area contributed by atoms with Crippen LogP contribution in [-0.2, 0) is 7.05 Å². The van der Waals surface area contributed by atoms with E-state index in [0.29, 0.717) is 5.69 Å². The summed E-state index contributed by atoms with van der Waals surface area (Å²) in [7, 11) is 1.92. The number of rotatable bonds is 3. The summed E-state index contributed by atoms with van der Waals surface area (Å²) in [5, 5.41) is 1.09. The predicted molar refractivity (Wildman–Crippen MR) is 82.7 cm³/mol. The molecule has 0 atom stereocenters. The van der Waals surface area contributed by atoms with Gasteiger partial charge in [-0.2, -0.15) is 0 Å². The van der Waals surface area contributed by atoms with Crippen LogP contribution in [0.15, 0.2) is 66.7 Å². The van der Waals surface area contributed by atoms with Gasteiger partial charge in [0, 0.05) is 18.0 Å². The van der Waals surface area contributed by atoms with Gasteiger partial charge in [0.05, 0.1) is 5.69 Å². The fraction of sp³-hybridized carbons (Fsp3) is 0.0556. The highest BCUT2D eigenvalue weighted by atomic mass is 16.1. The predicted octanol–water partition coefficient (Wildman–Crippen LogP) is 4.07. The van der Waals surface area contributed by atoms with Crippen molar-refractivity contribution in [3.8, 4) is 0 Å². The zero-order valence-electron chi connectivity index (χ0n) is 11.3. The van der Waals surface area contributed by atoms with E-state index >= 15 is 0 Å². The van der Waals surface area contributed by atoms with E-state index in [1.54, 1.807) is 6.08 Å². The monoisotopic (exact) mass is 261 g/mol. The smallest absolute Gasteiger partial charge is 0.202 e. The van der Waals surface area contributed by atoms with Crippen LogP contribution in [0.4, 0.5) is 0 Å². The number of hydrogen-bond donors (Lipinski definition) is 0. The zero-order chi connectivity index (χ0) is 13.9. The van der Waals surface area contributed by atoms with Crippen molar-refractivity contribution in [1.82, 2.24) is 4.57 Å². The van der Waals surface area contributed by atoms with Gasteiger partial charge in [0.25, 0.3) is 0 Å². The second-order valence-electron chi connectivity index (χ2n) is 4.76. The summed E-state index contributed by atoms with van der Waals surface area (Å²) < 4.78 is 1.94. The van der Waals surface area contributed by atoms with E-state index in [-0.39, 0.29) is 5.78 Å². The average Bonchev–Trinajstić information content (AvgIpc) is 2.84. The Bertz CT molecular complexity index is 782. The fourth-order valence-electron chi connectivity index (χ4n) is 2.35. The van der Waals surface area contributed by atoms with Gasteiger partial charge in [-0.05, 0) is 23.8 Å². The second-order valence-corrected chi connectivity index (χ2v) is 4.76. The molecule has 3 rings (SSSR count). The summed E-state index contributed by atoms with van der Waals surface area (Å²) in [5.74, 6) is 0.0209. The number of nitrogens with zero attached hydrogens (tertiary/aromatic N) is 1. The van der Waals surface area contributed by atoms with Crippen molar-refractivity contribution in [2.24, 2.45) is 7.05 Å². The minimum atomic E-state index is 0.0209. The minimum absolute atomic E-state index is 0.0209. The van der Waals surface area contributed by atoms with Crippen LogP contribution in [-0.4, -0.2) is 10.4 Å². The number of carbonyl (C=O) groups excluding carboxylic acids is 1. The summed E-state index contributed by atoms with van der Waals surface area (Å²) >= 11 is 0. The van der Waals surface area contributed by atoms with Crippen LogP contribution in [0.25, 0.3) is 17.0 Å². The fourth-order valence-corrected chi connectivity index (χ4v) is 2.35. The molecule has 3 aromatic rings. The molecule has 0 aliphatic rings. The Hall–Kier alpha value is -2.61. The molecule has 0 spiro atoms. The highest BCUT2D eigenvalue weighted by Crippen LogP contribution is 2.19. The normalized spacial score (nSPS) is 11.2. The lowest BCUT2D eigenvalue weighted by molar-refractivity contribution is 0.104. The van der Waals surface area contributed by atoms with Gasteiger partial charge < -0.3 is 4.57 Å². The largest absolute Gasteiger partial charge is 0.341 e. The Labute approximate surface area is 118 Å². The molecule has 0 saturated carbocycles. The molecule has 0 aliphatic carbocycles. The van der Waals surface area contributed by atoms with Crippen molar-refractivity contribution in [2.45, 2.75) is 0 Å². The van der Waals surface area contributed by atoms with Crippen LogP contribution in [0.1, 0.15) is 16.1 Å². The molecular formula is C18H15NO. The van der Waals surface area contributed by atoms with E-state index in [0.717, 1.165) is 16.5 Å². The first-order valence-corrected chi connectivity index (χ1v) is 6.57. The van der Waals surface area contributed by atoms with Gasteiger partial charge in [-0.3, -0.25) is 4.79 Å². The highest BCUT2D eigenvalue weighted by Gasteiger charge is 2.10. The first-order valence-electron chi connectivity index (χ1n) is 6.57. The molecule has 0 fully saturated rings. The number of para-hydroxylation sites is 1. The van der Waals surface area contributed by atoms with E-state index in [1.807, 2.05) is 78.4 Å². The van der Waals surface area contributed by atoms with E-state index in [9.17, 15) is 4.79 Å². The molecule has 0 amide bonds. The van der Waals surface area contributed by atoms with Gasteiger partial charge in [-0.1, -0.05) is 54.6 Å². The maximum atomic E-state index is 12.3. The van der Waals surface area contributed by atoms with Crippen molar-refractivity contribution < 1.29 is 4.79 Å².